The molecule has 0 N–H and O–H groups in total. The van der Waals surface area contributed by atoms with E-state index in [9.17, 15) is 9.59 Å². The number of rotatable bonds is 1. The molecule has 0 spiro atoms. The van der Waals surface area contributed by atoms with Crippen molar-refractivity contribution in [3.8, 4) is 0 Å². The van der Waals surface area contributed by atoms with Gasteiger partial charge in [0.2, 0.25) is 0 Å². The van der Waals surface area contributed by atoms with Gasteiger partial charge in [0.15, 0.2) is 0 Å². The van der Waals surface area contributed by atoms with Crippen LogP contribution in [0, 0.1) is 14.3 Å². The predicted octanol–water partition coefficient (Wildman–Crippen LogP) is 3.84. The van der Waals surface area contributed by atoms with Gasteiger partial charge in [0.25, 0.3) is 11.8 Å². The van der Waals surface area contributed by atoms with Crippen molar-refractivity contribution in [1.29, 1.82) is 0 Å². The summed E-state index contributed by atoms with van der Waals surface area (Å²) in [5.74, 6) is -0.562. The molecule has 1 aromatic carbocycles. The molecule has 0 atom stereocenters. The van der Waals surface area contributed by atoms with Crippen molar-refractivity contribution in [2.75, 3.05) is 0 Å². The van der Waals surface area contributed by atoms with Crippen molar-refractivity contribution in [3.63, 3.8) is 0 Å². The van der Waals surface area contributed by atoms with Crippen LogP contribution < -0.4 is 0 Å². The highest BCUT2D eigenvalue weighted by Crippen LogP contribution is 2.37. The van der Waals surface area contributed by atoms with E-state index in [0.717, 1.165) is 19.2 Å². The molecule has 3 nitrogen and oxygen atoms in total. The summed E-state index contributed by atoms with van der Waals surface area (Å²) in [6.45, 7) is 3.51. The zero-order valence-electron chi connectivity index (χ0n) is 8.06. The fourth-order valence-electron chi connectivity index (χ4n) is 1.53. The molecular weight excluding hydrogens is 674 g/mol. The van der Waals surface area contributed by atoms with Gasteiger partial charge in [-0.25, -0.2) is 4.90 Å². The van der Waals surface area contributed by atoms with E-state index in [1.54, 1.807) is 0 Å². The normalized spacial score (nSPS) is 14.2. The highest BCUT2D eigenvalue weighted by atomic mass is 127. The summed E-state index contributed by atoms with van der Waals surface area (Å²) in [7, 11) is 0. The number of imide groups is 1. The van der Waals surface area contributed by atoms with Gasteiger partial charge >= 0.3 is 0 Å². The highest BCUT2D eigenvalue weighted by molar-refractivity contribution is 14.1. The van der Waals surface area contributed by atoms with Crippen molar-refractivity contribution < 1.29 is 9.59 Å². The lowest BCUT2D eigenvalue weighted by Crippen LogP contribution is -2.23. The third-order valence-corrected chi connectivity index (χ3v) is 9.73. The van der Waals surface area contributed by atoms with Gasteiger partial charge in [-0.1, -0.05) is 6.58 Å². The average Bonchev–Trinajstić information content (AvgIpc) is 2.55. The van der Waals surface area contributed by atoms with Gasteiger partial charge in [-0.2, -0.15) is 0 Å². The summed E-state index contributed by atoms with van der Waals surface area (Å²) in [5, 5.41) is 0. The van der Waals surface area contributed by atoms with E-state index in [0.29, 0.717) is 11.1 Å². The number of amides is 2. The number of hydrogen-bond donors (Lipinski definition) is 0. The zero-order valence-corrected chi connectivity index (χ0v) is 16.7. The van der Waals surface area contributed by atoms with Gasteiger partial charge in [0.05, 0.1) is 11.1 Å². The molecule has 1 aliphatic rings. The average molecular weight is 677 g/mol. The van der Waals surface area contributed by atoms with Gasteiger partial charge in [-0.3, -0.25) is 9.59 Å². The SMILES string of the molecule is C=CN1C(=O)c2c(I)c(I)c(I)c(I)c2C1=O. The molecule has 7 heteroatoms. The Bertz CT molecular complexity index is 535. The lowest BCUT2D eigenvalue weighted by Gasteiger charge is -2.07. The largest absolute Gasteiger partial charge is 0.268 e. The summed E-state index contributed by atoms with van der Waals surface area (Å²) < 4.78 is 3.70. The highest BCUT2D eigenvalue weighted by Gasteiger charge is 2.39. The molecule has 88 valence electrons. The number of benzene rings is 1. The maximum absolute atomic E-state index is 12.1. The maximum Gasteiger partial charge on any atom is 0.266 e. The number of hydrogen-bond acceptors (Lipinski definition) is 2. The molecule has 2 rings (SSSR count). The molecule has 0 saturated carbocycles. The molecule has 1 aromatic rings. The third kappa shape index (κ3) is 2.07. The van der Waals surface area contributed by atoms with Crippen LogP contribution in [0.25, 0.3) is 0 Å². The van der Waals surface area contributed by atoms with E-state index < -0.39 is 0 Å². The fourth-order valence-corrected chi connectivity index (χ4v) is 5.18. The minimum Gasteiger partial charge on any atom is -0.268 e. The third-order valence-electron chi connectivity index (χ3n) is 2.32. The van der Waals surface area contributed by atoms with Crippen molar-refractivity contribution in [3.05, 3.63) is 38.2 Å². The van der Waals surface area contributed by atoms with E-state index in [-0.39, 0.29) is 11.8 Å². The Morgan fingerprint density at radius 1 is 0.824 bits per heavy atom. The molecule has 0 saturated heterocycles. The van der Waals surface area contributed by atoms with Crippen molar-refractivity contribution in [1.82, 2.24) is 4.90 Å². The molecule has 0 fully saturated rings. The van der Waals surface area contributed by atoms with Crippen LogP contribution in [-0.2, 0) is 0 Å². The van der Waals surface area contributed by atoms with Crippen molar-refractivity contribution >= 4 is 102 Å². The van der Waals surface area contributed by atoms with Gasteiger partial charge in [-0.15, -0.1) is 0 Å². The smallest absolute Gasteiger partial charge is 0.266 e. The van der Waals surface area contributed by atoms with Gasteiger partial charge < -0.3 is 0 Å². The van der Waals surface area contributed by atoms with Crippen molar-refractivity contribution in [2.45, 2.75) is 0 Å². The minimum absolute atomic E-state index is 0.281. The Hall–Kier alpha value is 1.02. The number of carbonyl (C=O) groups is 2. The van der Waals surface area contributed by atoms with Gasteiger partial charge in [0, 0.05) is 20.5 Å². The van der Waals surface area contributed by atoms with Crippen molar-refractivity contribution in [2.24, 2.45) is 0 Å². The van der Waals surface area contributed by atoms with Gasteiger partial charge in [0.1, 0.15) is 0 Å². The van der Waals surface area contributed by atoms with E-state index in [1.807, 2.05) is 0 Å². The molecule has 0 radical (unpaired) electrons. The molecule has 1 aliphatic heterocycles. The van der Waals surface area contributed by atoms with E-state index >= 15 is 0 Å². The number of nitrogens with zero attached hydrogens (tertiary/aromatic N) is 1. The first-order valence-electron chi connectivity index (χ1n) is 4.28. The monoisotopic (exact) mass is 677 g/mol. The number of fused-ring (bicyclic) bond motifs is 1. The molecule has 1 heterocycles. The summed E-state index contributed by atoms with van der Waals surface area (Å²) in [5.41, 5.74) is 1.01. The quantitative estimate of drug-likeness (QED) is 0.196. The first-order valence-corrected chi connectivity index (χ1v) is 8.59. The maximum atomic E-state index is 12.1. The van der Waals surface area contributed by atoms with Crippen LogP contribution in [0.4, 0.5) is 0 Å². The lowest BCUT2D eigenvalue weighted by molar-refractivity contribution is 0.0721. The van der Waals surface area contributed by atoms with Crippen LogP contribution >= 0.6 is 90.4 Å². The Morgan fingerprint density at radius 3 is 1.47 bits per heavy atom. The summed E-state index contributed by atoms with van der Waals surface area (Å²) >= 11 is 8.62. The first kappa shape index (κ1) is 14.4. The molecule has 0 aromatic heterocycles. The van der Waals surface area contributed by atoms with Crippen LogP contribution in [0.5, 0.6) is 0 Å². The van der Waals surface area contributed by atoms with Crippen LogP contribution in [0.1, 0.15) is 20.7 Å². The Kier molecular flexibility index (Phi) is 4.40. The Labute approximate surface area is 152 Å². The molecular formula is C10H3I4NO2. The molecule has 17 heavy (non-hydrogen) atoms. The number of carbonyl (C=O) groups excluding carboxylic acids is 2. The standard InChI is InChI=1S/C10H3I4NO2/c1-2-15-9(16)3-4(10(15)17)6(12)8(14)7(13)5(3)11/h2H,1H2. The van der Waals surface area contributed by atoms with E-state index in [1.165, 1.54) is 6.20 Å². The predicted molar refractivity (Wildman–Crippen MR) is 98.0 cm³/mol. The second-order valence-electron chi connectivity index (χ2n) is 3.17. The second kappa shape index (κ2) is 5.19. The summed E-state index contributed by atoms with van der Waals surface area (Å²) in [6, 6.07) is 0. The van der Waals surface area contributed by atoms with E-state index in [2.05, 4.69) is 96.9 Å². The molecule has 0 unspecified atom stereocenters. The Morgan fingerprint density at radius 2 is 1.18 bits per heavy atom. The molecule has 2 amide bonds. The summed E-state index contributed by atoms with van der Waals surface area (Å²) in [6.07, 6.45) is 1.27. The second-order valence-corrected chi connectivity index (χ2v) is 7.48. The summed E-state index contributed by atoms with van der Waals surface area (Å²) in [4.78, 5) is 25.3. The van der Waals surface area contributed by atoms with Crippen LogP contribution in [-0.4, -0.2) is 16.7 Å². The topological polar surface area (TPSA) is 37.4 Å². The van der Waals surface area contributed by atoms with Crippen LogP contribution in [0.3, 0.4) is 0 Å². The van der Waals surface area contributed by atoms with Gasteiger partial charge in [-0.05, 0) is 90.4 Å². The van der Waals surface area contributed by atoms with Crippen LogP contribution in [0.2, 0.25) is 0 Å². The molecule has 0 bridgehead atoms. The molecule has 0 aliphatic carbocycles. The first-order chi connectivity index (χ1) is 7.91. The fraction of sp³-hybridized carbons (Fsp3) is 0. The Balaban J connectivity index is 2.88. The minimum atomic E-state index is -0.281. The van der Waals surface area contributed by atoms with Crippen LogP contribution in [0.15, 0.2) is 12.8 Å². The zero-order chi connectivity index (χ0) is 12.9. The van der Waals surface area contributed by atoms with E-state index in [4.69, 9.17) is 0 Å². The lowest BCUT2D eigenvalue weighted by atomic mass is 10.1. The number of halogens is 4.